The van der Waals surface area contributed by atoms with Gasteiger partial charge in [-0.05, 0) is 35.9 Å². The molecule has 0 aromatic heterocycles. The fourth-order valence-electron chi connectivity index (χ4n) is 3.89. The van der Waals surface area contributed by atoms with E-state index < -0.39 is 16.6 Å². The van der Waals surface area contributed by atoms with Crippen molar-refractivity contribution in [1.82, 2.24) is 10.2 Å². The Balaban J connectivity index is 1.59. The van der Waals surface area contributed by atoms with Crippen LogP contribution < -0.4 is 5.32 Å². The fraction of sp³-hybridized carbons (Fsp3) is 0.240. The van der Waals surface area contributed by atoms with Gasteiger partial charge in [-0.25, -0.2) is 8.78 Å². The van der Waals surface area contributed by atoms with Crippen molar-refractivity contribution >= 4 is 23.4 Å². The van der Waals surface area contributed by atoms with E-state index in [1.54, 1.807) is 30.3 Å². The highest BCUT2D eigenvalue weighted by Gasteiger charge is 2.25. The summed E-state index contributed by atoms with van der Waals surface area (Å²) in [5.41, 5.74) is 0.516. The summed E-state index contributed by atoms with van der Waals surface area (Å²) in [5.74, 6) is -1.38. The highest BCUT2D eigenvalue weighted by atomic mass is 32.2. The molecule has 7 nitrogen and oxygen atoms in total. The molecule has 3 aromatic rings. The van der Waals surface area contributed by atoms with Crippen LogP contribution in [0.25, 0.3) is 0 Å². The van der Waals surface area contributed by atoms with Crippen molar-refractivity contribution < 1.29 is 23.2 Å². The van der Waals surface area contributed by atoms with E-state index in [0.717, 1.165) is 11.8 Å². The van der Waals surface area contributed by atoms with Crippen LogP contribution >= 0.6 is 11.8 Å². The Kier molecular flexibility index (Phi) is 8.06. The van der Waals surface area contributed by atoms with E-state index in [-0.39, 0.29) is 29.7 Å². The lowest BCUT2D eigenvalue weighted by molar-refractivity contribution is -0.384. The Hall–Kier alpha value is -3.34. The van der Waals surface area contributed by atoms with Gasteiger partial charge in [0.2, 0.25) is 0 Å². The highest BCUT2D eigenvalue weighted by molar-refractivity contribution is 7.99. The molecule has 0 radical (unpaired) electrons. The van der Waals surface area contributed by atoms with E-state index in [1.165, 1.54) is 36.4 Å². The normalized spacial score (nSPS) is 14.9. The SMILES string of the molecule is O=C(NCC(c1cccc(F)c1)N1CCOCC1)c1cc([N+](=O)[O-])ccc1Sc1ccccc1F. The lowest BCUT2D eigenvalue weighted by atomic mass is 10.0. The second kappa shape index (κ2) is 11.4. The number of amides is 1. The summed E-state index contributed by atoms with van der Waals surface area (Å²) in [6.45, 7) is 2.42. The second-order valence-electron chi connectivity index (χ2n) is 7.90. The molecular formula is C25H23F2N3O4S. The number of nitro groups is 1. The van der Waals surface area contributed by atoms with Gasteiger partial charge in [0.15, 0.2) is 0 Å². The third-order valence-corrected chi connectivity index (χ3v) is 6.78. The van der Waals surface area contributed by atoms with Crippen LogP contribution in [0, 0.1) is 21.7 Å². The molecule has 3 aromatic carbocycles. The van der Waals surface area contributed by atoms with Gasteiger partial charge in [0.25, 0.3) is 11.6 Å². The average molecular weight is 500 g/mol. The van der Waals surface area contributed by atoms with E-state index in [2.05, 4.69) is 10.2 Å². The number of nitrogens with zero attached hydrogens (tertiary/aromatic N) is 2. The van der Waals surface area contributed by atoms with Gasteiger partial charge >= 0.3 is 0 Å². The van der Waals surface area contributed by atoms with Crippen molar-refractivity contribution in [2.24, 2.45) is 0 Å². The first-order valence-corrected chi connectivity index (χ1v) is 11.8. The summed E-state index contributed by atoms with van der Waals surface area (Å²) in [7, 11) is 0. The molecule has 0 spiro atoms. The van der Waals surface area contributed by atoms with Gasteiger partial charge in [0, 0.05) is 41.6 Å². The van der Waals surface area contributed by atoms with Gasteiger partial charge in [-0.3, -0.25) is 19.8 Å². The van der Waals surface area contributed by atoms with Crippen molar-refractivity contribution in [2.75, 3.05) is 32.8 Å². The van der Waals surface area contributed by atoms with Crippen LogP contribution in [0.3, 0.4) is 0 Å². The van der Waals surface area contributed by atoms with Crippen LogP contribution in [0.4, 0.5) is 14.5 Å². The van der Waals surface area contributed by atoms with Gasteiger partial charge in [0.1, 0.15) is 11.6 Å². The van der Waals surface area contributed by atoms with E-state index in [1.807, 2.05) is 0 Å². The number of carbonyl (C=O) groups excluding carboxylic acids is 1. The minimum absolute atomic E-state index is 0.0624. The maximum Gasteiger partial charge on any atom is 0.270 e. The largest absolute Gasteiger partial charge is 0.379 e. The smallest absolute Gasteiger partial charge is 0.270 e. The minimum Gasteiger partial charge on any atom is -0.379 e. The minimum atomic E-state index is -0.586. The third kappa shape index (κ3) is 6.21. The molecule has 1 heterocycles. The molecule has 0 saturated carbocycles. The molecule has 1 atom stereocenters. The van der Waals surface area contributed by atoms with Crippen LogP contribution in [-0.4, -0.2) is 48.6 Å². The van der Waals surface area contributed by atoms with Gasteiger partial charge in [-0.15, -0.1) is 0 Å². The fourth-order valence-corrected chi connectivity index (χ4v) is 4.84. The maximum absolute atomic E-state index is 14.2. The first kappa shape index (κ1) is 24.8. The van der Waals surface area contributed by atoms with Gasteiger partial charge in [-0.2, -0.15) is 0 Å². The number of nitro benzene ring substituents is 1. The predicted molar refractivity (Wildman–Crippen MR) is 127 cm³/mol. The Morgan fingerprint density at radius 1 is 1.06 bits per heavy atom. The predicted octanol–water partition coefficient (Wildman–Crippen LogP) is 4.83. The maximum atomic E-state index is 14.2. The zero-order valence-electron chi connectivity index (χ0n) is 18.7. The van der Waals surface area contributed by atoms with Gasteiger partial charge in [-0.1, -0.05) is 36.0 Å². The van der Waals surface area contributed by atoms with Crippen LogP contribution in [0.2, 0.25) is 0 Å². The lowest BCUT2D eigenvalue weighted by Crippen LogP contribution is -2.43. The molecule has 1 aliphatic rings. The molecule has 0 aliphatic carbocycles. The number of ether oxygens (including phenoxy) is 1. The third-order valence-electron chi connectivity index (χ3n) is 5.65. The highest BCUT2D eigenvalue weighted by Crippen LogP contribution is 2.34. The zero-order valence-corrected chi connectivity index (χ0v) is 19.5. The molecule has 35 heavy (non-hydrogen) atoms. The monoisotopic (exact) mass is 499 g/mol. The second-order valence-corrected chi connectivity index (χ2v) is 8.98. The molecule has 1 amide bonds. The Labute approximate surface area is 205 Å². The molecule has 4 rings (SSSR count). The molecular weight excluding hydrogens is 476 g/mol. The summed E-state index contributed by atoms with van der Waals surface area (Å²) in [4.78, 5) is 26.8. The van der Waals surface area contributed by atoms with Crippen molar-refractivity contribution in [1.29, 1.82) is 0 Å². The lowest BCUT2D eigenvalue weighted by Gasteiger charge is -2.35. The average Bonchev–Trinajstić information content (AvgIpc) is 2.86. The van der Waals surface area contributed by atoms with Crippen LogP contribution in [0.15, 0.2) is 76.5 Å². The number of benzene rings is 3. The number of rotatable bonds is 8. The first-order valence-electron chi connectivity index (χ1n) is 11.0. The summed E-state index contributed by atoms with van der Waals surface area (Å²) in [5, 5.41) is 14.2. The van der Waals surface area contributed by atoms with E-state index in [9.17, 15) is 23.7 Å². The number of halogens is 2. The molecule has 1 fully saturated rings. The Bertz CT molecular complexity index is 1220. The molecule has 1 aliphatic heterocycles. The number of hydrogen-bond donors (Lipinski definition) is 1. The first-order chi connectivity index (χ1) is 16.9. The zero-order chi connectivity index (χ0) is 24.8. The summed E-state index contributed by atoms with van der Waals surface area (Å²) < 4.78 is 33.6. The topological polar surface area (TPSA) is 84.7 Å². The number of hydrogen-bond acceptors (Lipinski definition) is 6. The number of carbonyl (C=O) groups is 1. The standard InChI is InChI=1S/C25H23F2N3O4S/c26-18-5-3-4-17(14-18)22(29-10-12-34-13-11-29)16-28-25(31)20-15-19(30(32)33)8-9-23(20)35-24-7-2-1-6-21(24)27/h1-9,14-15,22H,10-13,16H2,(H,28,31). The van der Waals surface area contributed by atoms with Crippen LogP contribution in [0.5, 0.6) is 0 Å². The van der Waals surface area contributed by atoms with Gasteiger partial charge < -0.3 is 10.1 Å². The molecule has 10 heteroatoms. The summed E-state index contributed by atoms with van der Waals surface area (Å²) in [6.07, 6.45) is 0. The van der Waals surface area contributed by atoms with Crippen molar-refractivity contribution in [3.63, 3.8) is 0 Å². The van der Waals surface area contributed by atoms with E-state index >= 15 is 0 Å². The molecule has 1 unspecified atom stereocenters. The quantitative estimate of drug-likeness (QED) is 0.353. The van der Waals surface area contributed by atoms with Crippen molar-refractivity contribution in [3.8, 4) is 0 Å². The molecule has 0 bridgehead atoms. The number of morpholine rings is 1. The van der Waals surface area contributed by atoms with Crippen molar-refractivity contribution in [3.05, 3.63) is 99.6 Å². The van der Waals surface area contributed by atoms with Crippen molar-refractivity contribution in [2.45, 2.75) is 15.8 Å². The summed E-state index contributed by atoms with van der Waals surface area (Å²) >= 11 is 1.02. The molecule has 1 N–H and O–H groups in total. The van der Waals surface area contributed by atoms with E-state index in [4.69, 9.17) is 4.74 Å². The number of non-ortho nitro benzene ring substituents is 1. The Morgan fingerprint density at radius 2 is 1.83 bits per heavy atom. The number of nitrogens with one attached hydrogen (secondary N) is 1. The van der Waals surface area contributed by atoms with Crippen LogP contribution in [-0.2, 0) is 4.74 Å². The van der Waals surface area contributed by atoms with Crippen LogP contribution in [0.1, 0.15) is 22.0 Å². The summed E-state index contributed by atoms with van der Waals surface area (Å²) in [6, 6.07) is 15.9. The van der Waals surface area contributed by atoms with Gasteiger partial charge in [0.05, 0.1) is 29.7 Å². The Morgan fingerprint density at radius 3 is 2.54 bits per heavy atom. The van der Waals surface area contributed by atoms with E-state index in [0.29, 0.717) is 41.7 Å². The molecule has 182 valence electrons. The molecule has 1 saturated heterocycles.